The third-order valence-corrected chi connectivity index (χ3v) is 3.20. The Hall–Kier alpha value is -1.55. The van der Waals surface area contributed by atoms with E-state index < -0.39 is 0 Å². The molecule has 0 spiro atoms. The van der Waals surface area contributed by atoms with Crippen molar-refractivity contribution in [2.75, 3.05) is 13.2 Å². The molecule has 1 amide bonds. The molecule has 1 aromatic rings. The third kappa shape index (κ3) is 4.56. The van der Waals surface area contributed by atoms with Gasteiger partial charge >= 0.3 is 0 Å². The maximum atomic E-state index is 11.5. The van der Waals surface area contributed by atoms with Gasteiger partial charge in [0.05, 0.1) is 0 Å². The van der Waals surface area contributed by atoms with Crippen LogP contribution < -0.4 is 15.4 Å². The summed E-state index contributed by atoms with van der Waals surface area (Å²) in [5, 5.41) is 6.25. The summed E-state index contributed by atoms with van der Waals surface area (Å²) in [6, 6.07) is 8.60. The number of hydrogen-bond acceptors (Lipinski definition) is 3. The third-order valence-electron chi connectivity index (χ3n) is 3.20. The summed E-state index contributed by atoms with van der Waals surface area (Å²) >= 11 is 0. The van der Waals surface area contributed by atoms with E-state index in [0.717, 1.165) is 25.1 Å². The van der Waals surface area contributed by atoms with E-state index in [1.54, 1.807) is 0 Å². The first-order chi connectivity index (χ1) is 9.19. The van der Waals surface area contributed by atoms with E-state index in [2.05, 4.69) is 24.5 Å². The number of nitrogens with one attached hydrogen (secondary N) is 2. The van der Waals surface area contributed by atoms with Gasteiger partial charge in [0, 0.05) is 12.1 Å². The highest BCUT2D eigenvalue weighted by Crippen LogP contribution is 2.19. The average molecular weight is 262 g/mol. The first-order valence-corrected chi connectivity index (χ1v) is 6.94. The van der Waals surface area contributed by atoms with Crippen molar-refractivity contribution in [2.45, 2.75) is 38.8 Å². The lowest BCUT2D eigenvalue weighted by Gasteiger charge is -2.13. The normalized spacial score (nSPS) is 15.9. The number of carbonyl (C=O) groups excluding carboxylic acids is 1. The zero-order valence-electron chi connectivity index (χ0n) is 11.6. The van der Waals surface area contributed by atoms with Crippen LogP contribution in [-0.2, 0) is 4.79 Å². The lowest BCUT2D eigenvalue weighted by atomic mass is 10.1. The van der Waals surface area contributed by atoms with Gasteiger partial charge in [0.1, 0.15) is 5.75 Å². The maximum Gasteiger partial charge on any atom is 0.258 e. The number of rotatable bonds is 7. The molecule has 2 N–H and O–H groups in total. The predicted molar refractivity (Wildman–Crippen MR) is 75.2 cm³/mol. The molecule has 1 fully saturated rings. The fourth-order valence-electron chi connectivity index (χ4n) is 1.92. The molecule has 0 aromatic heterocycles. The molecular formula is C15H22N2O2. The van der Waals surface area contributed by atoms with Crippen molar-refractivity contribution < 1.29 is 9.53 Å². The molecule has 4 nitrogen and oxygen atoms in total. The summed E-state index contributed by atoms with van der Waals surface area (Å²) in [6.45, 7) is 5.26. The minimum atomic E-state index is -0.0346. The van der Waals surface area contributed by atoms with E-state index in [-0.39, 0.29) is 12.5 Å². The van der Waals surface area contributed by atoms with E-state index in [4.69, 9.17) is 4.74 Å². The van der Waals surface area contributed by atoms with Gasteiger partial charge in [-0.1, -0.05) is 19.1 Å². The number of benzene rings is 1. The fourth-order valence-corrected chi connectivity index (χ4v) is 1.92. The number of carbonyl (C=O) groups is 1. The van der Waals surface area contributed by atoms with Crippen LogP contribution in [0, 0.1) is 0 Å². The van der Waals surface area contributed by atoms with Gasteiger partial charge in [0.2, 0.25) is 0 Å². The molecule has 4 heteroatoms. The largest absolute Gasteiger partial charge is 0.484 e. The molecule has 1 aliphatic rings. The zero-order valence-corrected chi connectivity index (χ0v) is 11.6. The smallest absolute Gasteiger partial charge is 0.258 e. The zero-order chi connectivity index (χ0) is 13.7. The minimum Gasteiger partial charge on any atom is -0.484 e. The molecule has 1 aliphatic carbocycles. The molecule has 104 valence electrons. The average Bonchev–Trinajstić information content (AvgIpc) is 3.21. The van der Waals surface area contributed by atoms with E-state index in [0.29, 0.717) is 12.1 Å². The molecule has 2 rings (SSSR count). The van der Waals surface area contributed by atoms with Crippen LogP contribution in [0.15, 0.2) is 24.3 Å². The Kier molecular flexibility index (Phi) is 4.80. The number of ether oxygens (including phenoxy) is 1. The Bertz CT molecular complexity index is 413. The van der Waals surface area contributed by atoms with Gasteiger partial charge in [-0.2, -0.15) is 0 Å². The SMILES string of the molecule is CCNC(C)c1ccc(OCC(=O)NC2CC2)cc1. The second-order valence-corrected chi connectivity index (χ2v) is 4.98. The Morgan fingerprint density at radius 1 is 1.37 bits per heavy atom. The van der Waals surface area contributed by atoms with Crippen LogP contribution in [0.4, 0.5) is 0 Å². The maximum absolute atomic E-state index is 11.5. The van der Waals surface area contributed by atoms with Gasteiger partial charge in [-0.05, 0) is 44.0 Å². The van der Waals surface area contributed by atoms with Gasteiger partial charge in [0.15, 0.2) is 6.61 Å². The van der Waals surface area contributed by atoms with Crippen LogP contribution in [0.1, 0.15) is 38.3 Å². The van der Waals surface area contributed by atoms with Crippen molar-refractivity contribution in [1.82, 2.24) is 10.6 Å². The van der Waals surface area contributed by atoms with Crippen LogP contribution in [-0.4, -0.2) is 25.1 Å². The molecule has 0 saturated heterocycles. The molecule has 1 atom stereocenters. The number of amides is 1. The molecule has 1 unspecified atom stereocenters. The van der Waals surface area contributed by atoms with Crippen molar-refractivity contribution in [3.63, 3.8) is 0 Å². The highest BCUT2D eigenvalue weighted by molar-refractivity contribution is 5.78. The second-order valence-electron chi connectivity index (χ2n) is 4.98. The quantitative estimate of drug-likeness (QED) is 0.790. The monoisotopic (exact) mass is 262 g/mol. The Morgan fingerprint density at radius 2 is 2.05 bits per heavy atom. The minimum absolute atomic E-state index is 0.0346. The van der Waals surface area contributed by atoms with Gasteiger partial charge in [-0.25, -0.2) is 0 Å². The summed E-state index contributed by atoms with van der Waals surface area (Å²) in [5.74, 6) is 0.700. The molecular weight excluding hydrogens is 240 g/mol. The van der Waals surface area contributed by atoms with Crippen LogP contribution in [0.3, 0.4) is 0 Å². The van der Waals surface area contributed by atoms with Crippen molar-refractivity contribution in [3.05, 3.63) is 29.8 Å². The lowest BCUT2D eigenvalue weighted by molar-refractivity contribution is -0.123. The summed E-state index contributed by atoms with van der Waals surface area (Å²) in [5.41, 5.74) is 1.22. The summed E-state index contributed by atoms with van der Waals surface area (Å²) in [4.78, 5) is 11.5. The lowest BCUT2D eigenvalue weighted by Crippen LogP contribution is -2.30. The van der Waals surface area contributed by atoms with E-state index in [1.807, 2.05) is 24.3 Å². The molecule has 0 heterocycles. The topological polar surface area (TPSA) is 50.4 Å². The second kappa shape index (κ2) is 6.57. The predicted octanol–water partition coefficient (Wildman–Crippen LogP) is 2.01. The first-order valence-electron chi connectivity index (χ1n) is 6.94. The standard InChI is InChI=1S/C15H22N2O2/c1-3-16-11(2)12-4-8-14(9-5-12)19-10-15(18)17-13-6-7-13/h4-5,8-9,11,13,16H,3,6-7,10H2,1-2H3,(H,17,18). The van der Waals surface area contributed by atoms with Crippen LogP contribution >= 0.6 is 0 Å². The van der Waals surface area contributed by atoms with Gasteiger partial charge < -0.3 is 15.4 Å². The Morgan fingerprint density at radius 3 is 2.63 bits per heavy atom. The van der Waals surface area contributed by atoms with Crippen molar-refractivity contribution in [1.29, 1.82) is 0 Å². The highest BCUT2D eigenvalue weighted by Gasteiger charge is 2.23. The van der Waals surface area contributed by atoms with E-state index in [9.17, 15) is 4.79 Å². The van der Waals surface area contributed by atoms with Crippen molar-refractivity contribution in [3.8, 4) is 5.75 Å². The van der Waals surface area contributed by atoms with Gasteiger partial charge in [0.25, 0.3) is 5.91 Å². The number of hydrogen-bond donors (Lipinski definition) is 2. The Labute approximate surface area is 114 Å². The first kappa shape index (κ1) is 13.9. The summed E-state index contributed by atoms with van der Waals surface area (Å²) < 4.78 is 5.46. The molecule has 0 aliphatic heterocycles. The van der Waals surface area contributed by atoms with Crippen molar-refractivity contribution in [2.24, 2.45) is 0 Å². The highest BCUT2D eigenvalue weighted by atomic mass is 16.5. The van der Waals surface area contributed by atoms with Crippen LogP contribution in [0.25, 0.3) is 0 Å². The van der Waals surface area contributed by atoms with Gasteiger partial charge in [-0.15, -0.1) is 0 Å². The fraction of sp³-hybridized carbons (Fsp3) is 0.533. The molecule has 0 radical (unpaired) electrons. The van der Waals surface area contributed by atoms with Gasteiger partial charge in [-0.3, -0.25) is 4.79 Å². The summed E-state index contributed by atoms with van der Waals surface area (Å²) in [6.07, 6.45) is 2.20. The molecule has 1 saturated carbocycles. The van der Waals surface area contributed by atoms with E-state index in [1.165, 1.54) is 5.56 Å². The van der Waals surface area contributed by atoms with E-state index >= 15 is 0 Å². The van der Waals surface area contributed by atoms with Crippen LogP contribution in [0.2, 0.25) is 0 Å². The molecule has 0 bridgehead atoms. The Balaban J connectivity index is 1.79. The van der Waals surface area contributed by atoms with Crippen LogP contribution in [0.5, 0.6) is 5.75 Å². The van der Waals surface area contributed by atoms with Crippen molar-refractivity contribution >= 4 is 5.91 Å². The summed E-state index contributed by atoms with van der Waals surface area (Å²) in [7, 11) is 0. The molecule has 19 heavy (non-hydrogen) atoms. The molecule has 1 aromatic carbocycles.